The van der Waals surface area contributed by atoms with E-state index in [0.29, 0.717) is 23.1 Å². The number of hydrogen-bond acceptors (Lipinski definition) is 6. The Bertz CT molecular complexity index is 892. The van der Waals surface area contributed by atoms with E-state index in [1.165, 1.54) is 6.92 Å². The van der Waals surface area contributed by atoms with Crippen molar-refractivity contribution in [2.45, 2.75) is 52.2 Å². The molecule has 2 aromatic carbocycles. The molecule has 0 unspecified atom stereocenters. The van der Waals surface area contributed by atoms with Crippen molar-refractivity contribution in [1.82, 2.24) is 0 Å². The molecular formula is C20H24ClNO5. The van der Waals surface area contributed by atoms with Gasteiger partial charge in [0.15, 0.2) is 11.5 Å². The lowest BCUT2D eigenvalue weighted by Gasteiger charge is -2.34. The molecule has 1 heterocycles. The van der Waals surface area contributed by atoms with Crippen LogP contribution >= 0.6 is 12.4 Å². The fraction of sp³-hybridized carbons (Fsp3) is 0.400. The quantitative estimate of drug-likeness (QED) is 0.633. The second-order valence-corrected chi connectivity index (χ2v) is 7.18. The van der Waals surface area contributed by atoms with Crippen LogP contribution in [0.2, 0.25) is 0 Å². The molecule has 0 saturated heterocycles. The molecular weight excluding hydrogens is 370 g/mol. The number of esters is 2. The third kappa shape index (κ3) is 4.17. The minimum Gasteiger partial charge on any atom is -0.487 e. The van der Waals surface area contributed by atoms with Gasteiger partial charge in [0.25, 0.3) is 0 Å². The summed E-state index contributed by atoms with van der Waals surface area (Å²) in [5, 5.41) is 1.46. The number of carbonyl (C=O) groups excluding carboxylic acids is 2. The molecule has 1 aliphatic heterocycles. The third-order valence-electron chi connectivity index (χ3n) is 4.35. The average molecular weight is 394 g/mol. The van der Waals surface area contributed by atoms with Crippen LogP contribution in [0.3, 0.4) is 0 Å². The van der Waals surface area contributed by atoms with Crippen LogP contribution < -0.4 is 19.9 Å². The van der Waals surface area contributed by atoms with Gasteiger partial charge in [0.2, 0.25) is 0 Å². The molecule has 3 rings (SSSR count). The van der Waals surface area contributed by atoms with E-state index in [-0.39, 0.29) is 29.5 Å². The molecule has 0 spiro atoms. The van der Waals surface area contributed by atoms with E-state index in [1.807, 2.05) is 38.1 Å². The highest BCUT2D eigenvalue weighted by Crippen LogP contribution is 2.50. The van der Waals surface area contributed by atoms with Gasteiger partial charge in [-0.3, -0.25) is 4.79 Å². The van der Waals surface area contributed by atoms with Gasteiger partial charge in [0, 0.05) is 23.3 Å². The summed E-state index contributed by atoms with van der Waals surface area (Å²) in [6.07, 6.45) is 1.36. The largest absolute Gasteiger partial charge is 0.487 e. The SMILES string of the molecule is CC(=O)Oc1c(OC(=O)[C@H](C)N)c2c(c3ccccc13)OC(C)(C)CC2.Cl. The van der Waals surface area contributed by atoms with Crippen molar-refractivity contribution in [3.8, 4) is 17.2 Å². The summed E-state index contributed by atoms with van der Waals surface area (Å²) in [4.78, 5) is 23.9. The molecule has 27 heavy (non-hydrogen) atoms. The van der Waals surface area contributed by atoms with Gasteiger partial charge in [-0.1, -0.05) is 24.3 Å². The van der Waals surface area contributed by atoms with Crippen LogP contribution in [0.15, 0.2) is 24.3 Å². The number of rotatable bonds is 3. The first kappa shape index (κ1) is 21.0. The van der Waals surface area contributed by atoms with E-state index in [4.69, 9.17) is 19.9 Å². The van der Waals surface area contributed by atoms with E-state index < -0.39 is 18.0 Å². The van der Waals surface area contributed by atoms with Gasteiger partial charge in [0.1, 0.15) is 17.4 Å². The van der Waals surface area contributed by atoms with Gasteiger partial charge >= 0.3 is 11.9 Å². The monoisotopic (exact) mass is 393 g/mol. The van der Waals surface area contributed by atoms with Gasteiger partial charge in [0.05, 0.1) is 0 Å². The smallest absolute Gasteiger partial charge is 0.328 e. The summed E-state index contributed by atoms with van der Waals surface area (Å²) in [5.41, 5.74) is 6.02. The van der Waals surface area contributed by atoms with Crippen molar-refractivity contribution in [2.75, 3.05) is 0 Å². The minimum atomic E-state index is -0.803. The zero-order chi connectivity index (χ0) is 19.1. The van der Waals surface area contributed by atoms with Crippen molar-refractivity contribution < 1.29 is 23.8 Å². The first-order valence-corrected chi connectivity index (χ1v) is 8.62. The first-order chi connectivity index (χ1) is 12.2. The fourth-order valence-electron chi connectivity index (χ4n) is 3.05. The second-order valence-electron chi connectivity index (χ2n) is 7.18. The molecule has 0 radical (unpaired) electrons. The minimum absolute atomic E-state index is 0. The van der Waals surface area contributed by atoms with Gasteiger partial charge in [-0.2, -0.15) is 0 Å². The van der Waals surface area contributed by atoms with Gasteiger partial charge in [-0.15, -0.1) is 12.4 Å². The van der Waals surface area contributed by atoms with Crippen LogP contribution in [0.5, 0.6) is 17.2 Å². The molecule has 0 aliphatic carbocycles. The molecule has 0 saturated carbocycles. The zero-order valence-corrected chi connectivity index (χ0v) is 16.6. The Balaban J connectivity index is 0.00000261. The van der Waals surface area contributed by atoms with E-state index in [9.17, 15) is 9.59 Å². The number of benzene rings is 2. The normalized spacial score (nSPS) is 15.7. The second kappa shape index (κ2) is 7.74. The summed E-state index contributed by atoms with van der Waals surface area (Å²) in [5.74, 6) is 0.00190. The van der Waals surface area contributed by atoms with E-state index >= 15 is 0 Å². The predicted octanol–water partition coefficient (Wildman–Crippen LogP) is 3.54. The molecule has 1 aliphatic rings. The van der Waals surface area contributed by atoms with E-state index in [2.05, 4.69) is 0 Å². The number of halogens is 1. The Morgan fingerprint density at radius 2 is 1.78 bits per heavy atom. The maximum atomic E-state index is 12.2. The molecule has 0 bridgehead atoms. The van der Waals surface area contributed by atoms with Crippen LogP contribution in [0.4, 0.5) is 0 Å². The Morgan fingerprint density at radius 1 is 1.15 bits per heavy atom. The molecule has 7 heteroatoms. The topological polar surface area (TPSA) is 87.9 Å². The van der Waals surface area contributed by atoms with Crippen molar-refractivity contribution >= 4 is 35.1 Å². The van der Waals surface area contributed by atoms with Gasteiger partial charge in [-0.25, -0.2) is 4.79 Å². The maximum absolute atomic E-state index is 12.2. The number of nitrogens with two attached hydrogens (primary N) is 1. The van der Waals surface area contributed by atoms with Crippen LogP contribution in [0, 0.1) is 0 Å². The Labute approximate surface area is 164 Å². The number of hydrogen-bond donors (Lipinski definition) is 1. The average Bonchev–Trinajstić information content (AvgIpc) is 2.56. The van der Waals surface area contributed by atoms with Gasteiger partial charge < -0.3 is 19.9 Å². The lowest BCUT2D eigenvalue weighted by molar-refractivity contribution is -0.137. The molecule has 0 fully saturated rings. The Kier molecular flexibility index (Phi) is 6.02. The highest BCUT2D eigenvalue weighted by Gasteiger charge is 2.34. The maximum Gasteiger partial charge on any atom is 0.328 e. The predicted molar refractivity (Wildman–Crippen MR) is 105 cm³/mol. The summed E-state index contributed by atoms with van der Waals surface area (Å²) >= 11 is 0. The molecule has 0 amide bonds. The van der Waals surface area contributed by atoms with Crippen LogP contribution in [0.25, 0.3) is 10.8 Å². The summed E-state index contributed by atoms with van der Waals surface area (Å²) in [6.45, 7) is 6.88. The molecule has 1 atom stereocenters. The Morgan fingerprint density at radius 3 is 2.37 bits per heavy atom. The van der Waals surface area contributed by atoms with Crippen LogP contribution in [0.1, 0.15) is 39.7 Å². The van der Waals surface area contributed by atoms with Crippen molar-refractivity contribution in [1.29, 1.82) is 0 Å². The highest BCUT2D eigenvalue weighted by atomic mass is 35.5. The number of carbonyl (C=O) groups is 2. The third-order valence-corrected chi connectivity index (χ3v) is 4.35. The molecule has 6 nitrogen and oxygen atoms in total. The van der Waals surface area contributed by atoms with Crippen LogP contribution in [-0.4, -0.2) is 23.6 Å². The van der Waals surface area contributed by atoms with E-state index in [0.717, 1.165) is 11.8 Å². The number of fused-ring (bicyclic) bond motifs is 3. The summed E-state index contributed by atoms with van der Waals surface area (Å²) < 4.78 is 17.2. The van der Waals surface area contributed by atoms with Crippen molar-refractivity contribution in [2.24, 2.45) is 5.73 Å². The van der Waals surface area contributed by atoms with Crippen molar-refractivity contribution in [3.05, 3.63) is 29.8 Å². The van der Waals surface area contributed by atoms with E-state index in [1.54, 1.807) is 6.92 Å². The van der Waals surface area contributed by atoms with Crippen molar-refractivity contribution in [3.63, 3.8) is 0 Å². The molecule has 146 valence electrons. The molecule has 2 N–H and O–H groups in total. The standard InChI is InChI=1S/C20H23NO5.ClH/c1-11(21)19(23)25-18-15-9-10-20(3,4)26-16(15)13-7-5-6-8-14(13)17(18)24-12(2)22;/h5-8,11H,9-10,21H2,1-4H3;1H/t11-;/m0./s1. The highest BCUT2D eigenvalue weighted by molar-refractivity contribution is 5.99. The zero-order valence-electron chi connectivity index (χ0n) is 15.8. The van der Waals surface area contributed by atoms with Crippen LogP contribution in [-0.2, 0) is 16.0 Å². The number of ether oxygens (including phenoxy) is 3. The molecule has 2 aromatic rings. The fourth-order valence-corrected chi connectivity index (χ4v) is 3.05. The Hall–Kier alpha value is -2.31. The summed E-state index contributed by atoms with van der Waals surface area (Å²) in [6, 6.07) is 6.62. The molecule has 0 aromatic heterocycles. The first-order valence-electron chi connectivity index (χ1n) is 8.62. The van der Waals surface area contributed by atoms with Gasteiger partial charge in [-0.05, 0) is 33.6 Å². The lowest BCUT2D eigenvalue weighted by atomic mass is 9.91. The lowest BCUT2D eigenvalue weighted by Crippen LogP contribution is -2.34. The summed E-state index contributed by atoms with van der Waals surface area (Å²) in [7, 11) is 0.